The number of methoxy groups -OCH3 is 1. The van der Waals surface area contributed by atoms with Crippen LogP contribution < -0.4 is 24.2 Å². The average Bonchev–Trinajstić information content (AvgIpc) is 3.09. The number of rotatable bonds is 7. The van der Waals surface area contributed by atoms with Crippen LogP contribution in [0.4, 0.5) is 0 Å². The number of Topliss-reactive ketones (excluding diaryl/α,β-unsaturated/α-hetero) is 1. The first-order chi connectivity index (χ1) is 16.7. The summed E-state index contributed by atoms with van der Waals surface area (Å²) in [6.07, 6.45) is 0.639. The van der Waals surface area contributed by atoms with Crippen molar-refractivity contribution in [3.63, 3.8) is 0 Å². The van der Waals surface area contributed by atoms with Crippen LogP contribution in [0.2, 0.25) is 0 Å². The summed E-state index contributed by atoms with van der Waals surface area (Å²) >= 11 is 3.30. The van der Waals surface area contributed by atoms with E-state index in [2.05, 4.69) is 15.9 Å². The first-order valence-electron chi connectivity index (χ1n) is 11.2. The maximum atomic E-state index is 13.7. The van der Waals surface area contributed by atoms with Crippen molar-refractivity contribution in [3.8, 4) is 23.0 Å². The fourth-order valence-electron chi connectivity index (χ4n) is 4.30. The van der Waals surface area contributed by atoms with Gasteiger partial charge < -0.3 is 34.2 Å². The molecule has 0 spiro atoms. The number of phenolic OH excluding ortho intramolecular Hbond substituents is 1. The van der Waals surface area contributed by atoms with Gasteiger partial charge in [-0.1, -0.05) is 11.8 Å². The van der Waals surface area contributed by atoms with Crippen molar-refractivity contribution in [2.75, 3.05) is 47.5 Å². The standard InChI is InChI=1S/C25H27BrN2O7/c1-27(2)7-4-8-28-21(15-11-16(26)23(30)19(13-15)33-3)20(24(31)25(28)32)22(29)14-5-6-17-18(12-14)35-10-9-34-17/h5-6,11-13,21,29-30H,4,7-10H2,1-3H3. The number of hydrogen-bond donors (Lipinski definition) is 2. The zero-order chi connectivity index (χ0) is 25.3. The number of hydrogen-bond acceptors (Lipinski definition) is 7. The fraction of sp³-hybridized carbons (Fsp3) is 0.360. The van der Waals surface area contributed by atoms with Crippen LogP contribution >= 0.6 is 15.9 Å². The van der Waals surface area contributed by atoms with E-state index in [1.807, 2.05) is 14.1 Å². The van der Waals surface area contributed by atoms with Crippen molar-refractivity contribution in [1.82, 2.24) is 4.90 Å². The molecule has 2 aromatic carbocycles. The SMILES string of the molecule is COc1cc(C2C(=C([O-])c3ccc4c(c3)OCCO4)C(=O)C(=O)N2CCC[NH+](C)C)cc(Br)c1O. The highest BCUT2D eigenvalue weighted by Gasteiger charge is 2.44. The predicted octanol–water partition coefficient (Wildman–Crippen LogP) is 0.693. The molecular formula is C25H27BrN2O7. The molecule has 2 aromatic rings. The monoisotopic (exact) mass is 546 g/mol. The molecule has 1 atom stereocenters. The molecule has 0 aromatic heterocycles. The van der Waals surface area contributed by atoms with Gasteiger partial charge >= 0.3 is 0 Å². The van der Waals surface area contributed by atoms with Gasteiger partial charge in [0.25, 0.3) is 5.91 Å². The molecule has 2 aliphatic heterocycles. The van der Waals surface area contributed by atoms with Crippen LogP contribution in [0.5, 0.6) is 23.0 Å². The van der Waals surface area contributed by atoms with Gasteiger partial charge in [-0.05, 0) is 51.3 Å². The Morgan fingerprint density at radius 2 is 1.91 bits per heavy atom. The Kier molecular flexibility index (Phi) is 7.23. The van der Waals surface area contributed by atoms with Gasteiger partial charge in [0.05, 0.1) is 38.3 Å². The Balaban J connectivity index is 1.84. The Hall–Kier alpha value is -3.24. The smallest absolute Gasteiger partial charge is 0.295 e. The molecule has 0 radical (unpaired) electrons. The molecule has 0 saturated carbocycles. The van der Waals surface area contributed by atoms with E-state index in [-0.39, 0.29) is 22.6 Å². The molecule has 2 N–H and O–H groups in total. The minimum Gasteiger partial charge on any atom is -0.872 e. The lowest BCUT2D eigenvalue weighted by atomic mass is 9.94. The topological polar surface area (TPSA) is 113 Å². The van der Waals surface area contributed by atoms with E-state index in [1.54, 1.807) is 18.2 Å². The fourth-order valence-corrected chi connectivity index (χ4v) is 4.76. The van der Waals surface area contributed by atoms with Crippen LogP contribution in [0.3, 0.4) is 0 Å². The minimum atomic E-state index is -0.932. The summed E-state index contributed by atoms with van der Waals surface area (Å²) in [5.41, 5.74) is 0.548. The highest BCUT2D eigenvalue weighted by Crippen LogP contribution is 2.44. The molecule has 35 heavy (non-hydrogen) atoms. The van der Waals surface area contributed by atoms with Crippen molar-refractivity contribution in [2.24, 2.45) is 0 Å². The summed E-state index contributed by atoms with van der Waals surface area (Å²) < 4.78 is 16.7. The van der Waals surface area contributed by atoms with Gasteiger partial charge in [-0.15, -0.1) is 0 Å². The molecule has 9 nitrogen and oxygen atoms in total. The van der Waals surface area contributed by atoms with E-state index in [9.17, 15) is 19.8 Å². The Bertz CT molecular complexity index is 1190. The molecule has 0 bridgehead atoms. The number of ketones is 1. The summed E-state index contributed by atoms with van der Waals surface area (Å²) in [6.45, 7) is 1.83. The van der Waals surface area contributed by atoms with E-state index < -0.39 is 23.5 Å². The number of amides is 1. The lowest BCUT2D eigenvalue weighted by molar-refractivity contribution is -0.858. The van der Waals surface area contributed by atoms with Crippen LogP contribution in [0.15, 0.2) is 40.4 Å². The second-order valence-corrected chi connectivity index (χ2v) is 9.55. The van der Waals surface area contributed by atoms with Crippen LogP contribution in [-0.4, -0.2) is 69.2 Å². The predicted molar refractivity (Wildman–Crippen MR) is 128 cm³/mol. The van der Waals surface area contributed by atoms with Crippen LogP contribution in [0.25, 0.3) is 5.76 Å². The van der Waals surface area contributed by atoms with E-state index in [4.69, 9.17) is 14.2 Å². The summed E-state index contributed by atoms with van der Waals surface area (Å²) in [5.74, 6) is -1.16. The zero-order valence-electron chi connectivity index (χ0n) is 19.7. The molecule has 2 aliphatic rings. The Morgan fingerprint density at radius 1 is 1.20 bits per heavy atom. The molecule has 1 amide bonds. The number of nitrogens with zero attached hydrogens (tertiary/aromatic N) is 1. The third-order valence-corrected chi connectivity index (χ3v) is 6.60. The average molecular weight is 547 g/mol. The molecule has 10 heteroatoms. The number of aromatic hydroxyl groups is 1. The first kappa shape index (κ1) is 24.9. The van der Waals surface area contributed by atoms with Crippen molar-refractivity contribution < 1.29 is 38.9 Å². The Labute approximate surface area is 211 Å². The number of fused-ring (bicyclic) bond motifs is 1. The largest absolute Gasteiger partial charge is 0.872 e. The number of phenols is 1. The molecule has 1 fully saturated rings. The van der Waals surface area contributed by atoms with Crippen LogP contribution in [0, 0.1) is 0 Å². The van der Waals surface area contributed by atoms with Crippen molar-refractivity contribution in [2.45, 2.75) is 12.5 Å². The number of benzene rings is 2. The van der Waals surface area contributed by atoms with Gasteiger partial charge in [-0.25, -0.2) is 0 Å². The second kappa shape index (κ2) is 10.2. The lowest BCUT2D eigenvalue weighted by Crippen LogP contribution is -3.05. The third kappa shape index (κ3) is 4.81. The molecular weight excluding hydrogens is 520 g/mol. The maximum Gasteiger partial charge on any atom is 0.295 e. The number of carbonyl (C=O) groups is 2. The third-order valence-electron chi connectivity index (χ3n) is 6.00. The molecule has 1 saturated heterocycles. The van der Waals surface area contributed by atoms with Crippen molar-refractivity contribution >= 4 is 33.4 Å². The van der Waals surface area contributed by atoms with Gasteiger partial charge in [0.1, 0.15) is 13.2 Å². The van der Waals surface area contributed by atoms with Gasteiger partial charge in [-0.2, -0.15) is 0 Å². The summed E-state index contributed by atoms with van der Waals surface area (Å²) in [5, 5.41) is 24.0. The number of ether oxygens (including phenoxy) is 3. The van der Waals surface area contributed by atoms with Gasteiger partial charge in [-0.3, -0.25) is 9.59 Å². The number of nitrogens with one attached hydrogen (secondary N) is 1. The number of halogens is 1. The molecule has 4 rings (SSSR count). The number of carbonyl (C=O) groups excluding carboxylic acids is 2. The quantitative estimate of drug-likeness (QED) is 0.298. The highest BCUT2D eigenvalue weighted by molar-refractivity contribution is 9.10. The number of quaternary nitrogens is 1. The maximum absolute atomic E-state index is 13.7. The number of likely N-dealkylation sites (tertiary alicyclic amines) is 1. The zero-order valence-corrected chi connectivity index (χ0v) is 21.3. The van der Waals surface area contributed by atoms with E-state index in [0.29, 0.717) is 47.7 Å². The molecule has 1 unspecified atom stereocenters. The molecule has 186 valence electrons. The normalized spacial score (nSPS) is 18.9. The lowest BCUT2D eigenvalue weighted by Gasteiger charge is -2.28. The van der Waals surface area contributed by atoms with Crippen LogP contribution in [-0.2, 0) is 9.59 Å². The summed E-state index contributed by atoms with van der Waals surface area (Å²) in [6, 6.07) is 6.91. The van der Waals surface area contributed by atoms with Crippen LogP contribution in [0.1, 0.15) is 23.6 Å². The minimum absolute atomic E-state index is 0.116. The van der Waals surface area contributed by atoms with Gasteiger partial charge in [0.2, 0.25) is 5.78 Å². The Morgan fingerprint density at radius 3 is 2.60 bits per heavy atom. The summed E-state index contributed by atoms with van der Waals surface area (Å²) in [7, 11) is 5.40. The van der Waals surface area contributed by atoms with E-state index in [0.717, 1.165) is 6.54 Å². The summed E-state index contributed by atoms with van der Waals surface area (Å²) in [4.78, 5) is 28.9. The first-order valence-corrected chi connectivity index (χ1v) is 12.0. The van der Waals surface area contributed by atoms with Crippen molar-refractivity contribution in [3.05, 3.63) is 51.5 Å². The van der Waals surface area contributed by atoms with Gasteiger partial charge in [0.15, 0.2) is 23.0 Å². The second-order valence-electron chi connectivity index (χ2n) is 8.70. The van der Waals surface area contributed by atoms with Gasteiger partial charge in [0, 0.05) is 18.5 Å². The molecule has 2 heterocycles. The van der Waals surface area contributed by atoms with E-state index >= 15 is 0 Å². The highest BCUT2D eigenvalue weighted by atomic mass is 79.9. The van der Waals surface area contributed by atoms with Crippen molar-refractivity contribution in [1.29, 1.82) is 0 Å². The molecule has 0 aliphatic carbocycles. The van der Waals surface area contributed by atoms with E-state index in [1.165, 1.54) is 29.0 Å².